The molecule has 1 aliphatic rings. The molecule has 0 radical (unpaired) electrons. The number of hydrogen-bond acceptors (Lipinski definition) is 3. The van der Waals surface area contributed by atoms with Gasteiger partial charge in [-0.2, -0.15) is 12.7 Å². The molecule has 0 aromatic heterocycles. The Morgan fingerprint density at radius 1 is 1.28 bits per heavy atom. The zero-order valence-electron chi connectivity index (χ0n) is 11.6. The Bertz CT molecular complexity index is 313. The summed E-state index contributed by atoms with van der Waals surface area (Å²) >= 11 is 0. The zero-order valence-corrected chi connectivity index (χ0v) is 12.4. The second kappa shape index (κ2) is 8.09. The Morgan fingerprint density at radius 3 is 2.56 bits per heavy atom. The Kier molecular flexibility index (Phi) is 7.14. The summed E-state index contributed by atoms with van der Waals surface area (Å²) < 4.78 is 28.0. The minimum absolute atomic E-state index is 0.537. The van der Waals surface area contributed by atoms with Gasteiger partial charge in [-0.25, -0.2) is 4.72 Å². The van der Waals surface area contributed by atoms with E-state index in [0.717, 1.165) is 32.4 Å². The molecule has 0 aliphatic heterocycles. The van der Waals surface area contributed by atoms with Gasteiger partial charge in [-0.05, 0) is 38.3 Å². The van der Waals surface area contributed by atoms with Gasteiger partial charge < -0.3 is 5.32 Å². The molecule has 1 rings (SSSR count). The highest BCUT2D eigenvalue weighted by molar-refractivity contribution is 7.87. The molecule has 0 saturated heterocycles. The molecule has 0 atom stereocenters. The largest absolute Gasteiger partial charge is 0.317 e. The van der Waals surface area contributed by atoms with Crippen LogP contribution in [0.5, 0.6) is 0 Å². The summed E-state index contributed by atoms with van der Waals surface area (Å²) in [6, 6.07) is 0. The molecule has 0 aromatic carbocycles. The zero-order chi connectivity index (χ0) is 13.4. The van der Waals surface area contributed by atoms with Crippen molar-refractivity contribution in [2.24, 2.45) is 5.92 Å². The second-order valence-electron chi connectivity index (χ2n) is 5.03. The van der Waals surface area contributed by atoms with E-state index in [0.29, 0.717) is 19.0 Å². The lowest BCUT2D eigenvalue weighted by Gasteiger charge is -2.19. The fourth-order valence-electron chi connectivity index (χ4n) is 2.27. The Hall–Kier alpha value is -0.170. The molecule has 0 spiro atoms. The van der Waals surface area contributed by atoms with E-state index in [9.17, 15) is 8.42 Å². The van der Waals surface area contributed by atoms with Crippen molar-refractivity contribution in [1.82, 2.24) is 14.3 Å². The highest BCUT2D eigenvalue weighted by Gasteiger charge is 2.21. The molecular formula is C12H27N3O2S. The average Bonchev–Trinajstić information content (AvgIpc) is 2.85. The number of nitrogens with zero attached hydrogens (tertiary/aromatic N) is 1. The number of rotatable bonds is 9. The fourth-order valence-corrected chi connectivity index (χ4v) is 3.31. The average molecular weight is 277 g/mol. The predicted octanol–water partition coefficient (Wildman–Crippen LogP) is 0.942. The molecule has 1 aliphatic carbocycles. The van der Waals surface area contributed by atoms with Gasteiger partial charge in [-0.15, -0.1) is 0 Å². The van der Waals surface area contributed by atoms with Crippen LogP contribution >= 0.6 is 0 Å². The maximum absolute atomic E-state index is 11.9. The standard InChI is InChI=1S/C12H27N3O2S/c1-3-13-9-6-10-15(2)18(16,17)14-11-12-7-4-5-8-12/h12-14H,3-11H2,1-2H3. The molecular weight excluding hydrogens is 250 g/mol. The van der Waals surface area contributed by atoms with Gasteiger partial charge in [-0.3, -0.25) is 0 Å². The number of nitrogens with one attached hydrogen (secondary N) is 2. The van der Waals surface area contributed by atoms with E-state index in [1.807, 2.05) is 6.92 Å². The van der Waals surface area contributed by atoms with E-state index in [4.69, 9.17) is 0 Å². The first-order valence-electron chi connectivity index (χ1n) is 6.98. The maximum atomic E-state index is 11.9. The van der Waals surface area contributed by atoms with Crippen LogP contribution in [-0.2, 0) is 10.2 Å². The van der Waals surface area contributed by atoms with Crippen LogP contribution in [0.3, 0.4) is 0 Å². The van der Waals surface area contributed by atoms with Gasteiger partial charge in [0.1, 0.15) is 0 Å². The first kappa shape index (κ1) is 15.9. The molecule has 1 fully saturated rings. The summed E-state index contributed by atoms with van der Waals surface area (Å²) in [6.45, 7) is 4.99. The van der Waals surface area contributed by atoms with Crippen LogP contribution in [0, 0.1) is 5.92 Å². The van der Waals surface area contributed by atoms with Crippen LogP contribution in [0.4, 0.5) is 0 Å². The van der Waals surface area contributed by atoms with E-state index < -0.39 is 10.2 Å². The van der Waals surface area contributed by atoms with Crippen LogP contribution in [0.2, 0.25) is 0 Å². The van der Waals surface area contributed by atoms with Gasteiger partial charge in [0.25, 0.3) is 10.2 Å². The molecule has 6 heteroatoms. The van der Waals surface area contributed by atoms with Crippen molar-refractivity contribution in [3.63, 3.8) is 0 Å². The summed E-state index contributed by atoms with van der Waals surface area (Å²) in [6.07, 6.45) is 5.64. The smallest absolute Gasteiger partial charge is 0.279 e. The topological polar surface area (TPSA) is 61.4 Å². The highest BCUT2D eigenvalue weighted by atomic mass is 32.2. The van der Waals surface area contributed by atoms with E-state index in [2.05, 4.69) is 10.0 Å². The molecule has 1 saturated carbocycles. The van der Waals surface area contributed by atoms with Gasteiger partial charge in [0.2, 0.25) is 0 Å². The van der Waals surface area contributed by atoms with Crippen molar-refractivity contribution in [2.45, 2.75) is 39.0 Å². The van der Waals surface area contributed by atoms with Crippen LogP contribution in [0.25, 0.3) is 0 Å². The van der Waals surface area contributed by atoms with E-state index >= 15 is 0 Å². The minimum atomic E-state index is -3.28. The fraction of sp³-hybridized carbons (Fsp3) is 1.00. The SMILES string of the molecule is CCNCCCN(C)S(=O)(=O)NCC1CCCC1. The third-order valence-electron chi connectivity index (χ3n) is 3.52. The number of hydrogen-bond donors (Lipinski definition) is 2. The monoisotopic (exact) mass is 277 g/mol. The second-order valence-corrected chi connectivity index (χ2v) is 6.89. The van der Waals surface area contributed by atoms with Crippen molar-refractivity contribution in [1.29, 1.82) is 0 Å². The van der Waals surface area contributed by atoms with Crippen LogP contribution < -0.4 is 10.0 Å². The van der Waals surface area contributed by atoms with Gasteiger partial charge in [0.15, 0.2) is 0 Å². The molecule has 0 amide bonds. The van der Waals surface area contributed by atoms with Gasteiger partial charge >= 0.3 is 0 Å². The summed E-state index contributed by atoms with van der Waals surface area (Å²) in [5, 5.41) is 3.19. The van der Waals surface area contributed by atoms with Crippen molar-refractivity contribution in [2.75, 3.05) is 33.2 Å². The van der Waals surface area contributed by atoms with Crippen LogP contribution in [0.1, 0.15) is 39.0 Å². The van der Waals surface area contributed by atoms with Crippen molar-refractivity contribution < 1.29 is 8.42 Å². The maximum Gasteiger partial charge on any atom is 0.279 e. The predicted molar refractivity (Wildman–Crippen MR) is 74.7 cm³/mol. The van der Waals surface area contributed by atoms with Crippen LogP contribution in [-0.4, -0.2) is 45.9 Å². The Labute approximate surface area is 112 Å². The molecule has 0 bridgehead atoms. The quantitative estimate of drug-likeness (QED) is 0.617. The lowest BCUT2D eigenvalue weighted by molar-refractivity contribution is 0.435. The third kappa shape index (κ3) is 5.65. The Morgan fingerprint density at radius 2 is 1.94 bits per heavy atom. The summed E-state index contributed by atoms with van der Waals surface area (Å²) in [5.74, 6) is 0.537. The first-order chi connectivity index (χ1) is 8.56. The molecule has 0 aromatic rings. The summed E-state index contributed by atoms with van der Waals surface area (Å²) in [5.41, 5.74) is 0. The molecule has 5 nitrogen and oxygen atoms in total. The highest BCUT2D eigenvalue weighted by Crippen LogP contribution is 2.23. The van der Waals surface area contributed by atoms with Crippen molar-refractivity contribution >= 4 is 10.2 Å². The minimum Gasteiger partial charge on any atom is -0.317 e. The van der Waals surface area contributed by atoms with Gasteiger partial charge in [0, 0.05) is 20.1 Å². The molecule has 0 unspecified atom stereocenters. The van der Waals surface area contributed by atoms with E-state index in [1.165, 1.54) is 17.1 Å². The molecule has 18 heavy (non-hydrogen) atoms. The van der Waals surface area contributed by atoms with E-state index in [1.54, 1.807) is 7.05 Å². The van der Waals surface area contributed by atoms with Gasteiger partial charge in [0.05, 0.1) is 0 Å². The third-order valence-corrected chi connectivity index (χ3v) is 5.05. The van der Waals surface area contributed by atoms with Crippen molar-refractivity contribution in [3.8, 4) is 0 Å². The molecule has 0 heterocycles. The normalized spacial score (nSPS) is 17.7. The van der Waals surface area contributed by atoms with Crippen molar-refractivity contribution in [3.05, 3.63) is 0 Å². The van der Waals surface area contributed by atoms with Gasteiger partial charge in [-0.1, -0.05) is 19.8 Å². The van der Waals surface area contributed by atoms with E-state index in [-0.39, 0.29) is 0 Å². The Balaban J connectivity index is 2.23. The first-order valence-corrected chi connectivity index (χ1v) is 8.42. The van der Waals surface area contributed by atoms with Crippen LogP contribution in [0.15, 0.2) is 0 Å². The lowest BCUT2D eigenvalue weighted by Crippen LogP contribution is -2.41. The lowest BCUT2D eigenvalue weighted by atomic mass is 10.1. The summed E-state index contributed by atoms with van der Waals surface area (Å²) in [7, 11) is -1.64. The molecule has 108 valence electrons. The summed E-state index contributed by atoms with van der Waals surface area (Å²) in [4.78, 5) is 0. The molecule has 2 N–H and O–H groups in total.